The molecule has 0 spiro atoms. The Morgan fingerprint density at radius 1 is 1.19 bits per heavy atom. The fraction of sp³-hybridized carbons (Fsp3) is 0.273. The van der Waals surface area contributed by atoms with Gasteiger partial charge in [0, 0.05) is 31.3 Å². The number of sulfone groups is 1. The predicted octanol–water partition coefficient (Wildman–Crippen LogP) is 2.66. The van der Waals surface area contributed by atoms with Crippen molar-refractivity contribution in [3.05, 3.63) is 59.9 Å². The molecule has 1 unspecified atom stereocenters. The number of aromatic nitrogens is 1. The van der Waals surface area contributed by atoms with Gasteiger partial charge in [0.25, 0.3) is 5.91 Å². The number of amides is 1. The van der Waals surface area contributed by atoms with Crippen molar-refractivity contribution < 1.29 is 22.5 Å². The molecular weight excluding hydrogens is 432 g/mol. The summed E-state index contributed by atoms with van der Waals surface area (Å²) in [7, 11) is -2.21. The molecule has 2 heterocycles. The number of anilines is 2. The number of nitrogens with zero attached hydrogens (tertiary/aromatic N) is 1. The van der Waals surface area contributed by atoms with Gasteiger partial charge in [-0.15, -0.1) is 0 Å². The zero-order valence-corrected chi connectivity index (χ0v) is 18.5. The van der Waals surface area contributed by atoms with Crippen LogP contribution in [0.4, 0.5) is 11.4 Å². The van der Waals surface area contributed by atoms with Gasteiger partial charge in [-0.2, -0.15) is 0 Å². The molecule has 9 nitrogen and oxygen atoms in total. The lowest BCUT2D eigenvalue weighted by atomic mass is 10.1. The number of aryl methyl sites for hydroxylation is 1. The molecule has 4 rings (SSSR count). The Morgan fingerprint density at radius 3 is 2.66 bits per heavy atom. The normalized spacial score (nSPS) is 16.5. The first-order valence-electron chi connectivity index (χ1n) is 10.1. The van der Waals surface area contributed by atoms with Crippen LogP contribution in [-0.2, 0) is 14.6 Å². The first-order valence-corrected chi connectivity index (χ1v) is 11.7. The van der Waals surface area contributed by atoms with Crippen molar-refractivity contribution in [3.63, 3.8) is 0 Å². The molecule has 1 fully saturated rings. The minimum atomic E-state index is -3.84. The van der Waals surface area contributed by atoms with Crippen LogP contribution in [0.5, 0.6) is 0 Å². The monoisotopic (exact) mass is 456 g/mol. The SMILES string of the molecule is CNc1ccc(C(=O)Nc2c(-c3ccccc3)noc2C)cc1S(=O)(=O)C1CNCCO1. The van der Waals surface area contributed by atoms with Gasteiger partial charge in [0.2, 0.25) is 9.84 Å². The average molecular weight is 457 g/mol. The Balaban J connectivity index is 1.66. The molecule has 0 bridgehead atoms. The lowest BCUT2D eigenvalue weighted by Crippen LogP contribution is -2.43. The van der Waals surface area contributed by atoms with Gasteiger partial charge in [0.1, 0.15) is 11.4 Å². The standard InChI is InChI=1S/C22H24N4O5S/c1-14-20(21(26-31-14)15-6-4-3-5-7-15)25-22(27)16-8-9-17(23-2)18(12-16)32(28,29)19-13-24-10-11-30-19/h3-9,12,19,23-24H,10-11,13H2,1-2H3,(H,25,27). The molecule has 0 radical (unpaired) electrons. The van der Waals surface area contributed by atoms with E-state index < -0.39 is 21.2 Å². The van der Waals surface area contributed by atoms with E-state index in [-0.39, 0.29) is 17.0 Å². The summed E-state index contributed by atoms with van der Waals surface area (Å²) in [5, 5.41) is 12.8. The number of hydrogen-bond donors (Lipinski definition) is 3. The van der Waals surface area contributed by atoms with Crippen molar-refractivity contribution in [2.75, 3.05) is 37.4 Å². The van der Waals surface area contributed by atoms with E-state index in [0.29, 0.717) is 36.0 Å². The number of nitrogens with one attached hydrogen (secondary N) is 3. The fourth-order valence-corrected chi connectivity index (χ4v) is 5.15. The van der Waals surface area contributed by atoms with Crippen molar-refractivity contribution >= 4 is 27.1 Å². The third kappa shape index (κ3) is 4.24. The maximum atomic E-state index is 13.2. The summed E-state index contributed by atoms with van der Waals surface area (Å²) in [5.74, 6) is -0.0335. The van der Waals surface area contributed by atoms with E-state index in [1.165, 1.54) is 6.07 Å². The van der Waals surface area contributed by atoms with Gasteiger partial charge in [0.05, 0.1) is 17.2 Å². The van der Waals surface area contributed by atoms with Crippen LogP contribution in [-0.4, -0.2) is 51.7 Å². The smallest absolute Gasteiger partial charge is 0.255 e. The van der Waals surface area contributed by atoms with E-state index in [9.17, 15) is 13.2 Å². The number of hydrogen-bond acceptors (Lipinski definition) is 8. The lowest BCUT2D eigenvalue weighted by Gasteiger charge is -2.24. The highest BCUT2D eigenvalue weighted by Crippen LogP contribution is 2.31. The minimum Gasteiger partial charge on any atom is -0.387 e. The van der Waals surface area contributed by atoms with Crippen LogP contribution in [0.3, 0.4) is 0 Å². The van der Waals surface area contributed by atoms with Crippen molar-refractivity contribution in [1.29, 1.82) is 0 Å². The molecule has 3 N–H and O–H groups in total. The Bertz CT molecular complexity index is 1220. The minimum absolute atomic E-state index is 0.00618. The van der Waals surface area contributed by atoms with Crippen molar-refractivity contribution in [2.45, 2.75) is 17.3 Å². The summed E-state index contributed by atoms with van der Waals surface area (Å²) in [6.07, 6.45) is 0. The number of carbonyl (C=O) groups excluding carboxylic acids is 1. The van der Waals surface area contributed by atoms with E-state index in [0.717, 1.165) is 5.56 Å². The summed E-state index contributed by atoms with van der Waals surface area (Å²) in [4.78, 5) is 13.1. The molecular formula is C22H24N4O5S. The fourth-order valence-electron chi connectivity index (χ4n) is 3.49. The number of rotatable bonds is 6. The highest BCUT2D eigenvalue weighted by atomic mass is 32.2. The van der Waals surface area contributed by atoms with Crippen molar-refractivity contribution in [3.8, 4) is 11.3 Å². The summed E-state index contributed by atoms with van der Waals surface area (Å²) in [6.45, 7) is 2.77. The topological polar surface area (TPSA) is 123 Å². The van der Waals surface area contributed by atoms with Gasteiger partial charge in [0.15, 0.2) is 11.2 Å². The third-order valence-corrected chi connectivity index (χ3v) is 7.15. The van der Waals surface area contributed by atoms with Gasteiger partial charge in [-0.05, 0) is 25.1 Å². The Labute approximate surface area is 186 Å². The molecule has 10 heteroatoms. The molecule has 32 heavy (non-hydrogen) atoms. The Morgan fingerprint density at radius 2 is 1.97 bits per heavy atom. The predicted molar refractivity (Wildman–Crippen MR) is 120 cm³/mol. The molecule has 3 aromatic rings. The molecule has 2 aromatic carbocycles. The molecule has 168 valence electrons. The van der Waals surface area contributed by atoms with Gasteiger partial charge >= 0.3 is 0 Å². The molecule has 1 aromatic heterocycles. The van der Waals surface area contributed by atoms with Crippen molar-refractivity contribution in [2.24, 2.45) is 0 Å². The number of carbonyl (C=O) groups is 1. The Kier molecular flexibility index (Phi) is 6.26. The number of ether oxygens (including phenoxy) is 1. The highest BCUT2D eigenvalue weighted by Gasteiger charge is 2.32. The van der Waals surface area contributed by atoms with Crippen LogP contribution >= 0.6 is 0 Å². The molecule has 1 aliphatic heterocycles. The third-order valence-electron chi connectivity index (χ3n) is 5.21. The van der Waals surface area contributed by atoms with Crippen LogP contribution in [0.15, 0.2) is 57.9 Å². The first-order chi connectivity index (χ1) is 15.4. The van der Waals surface area contributed by atoms with Crippen LogP contribution in [0.25, 0.3) is 11.3 Å². The lowest BCUT2D eigenvalue weighted by molar-refractivity contribution is 0.0785. The van der Waals surface area contributed by atoms with Gasteiger partial charge in [-0.25, -0.2) is 8.42 Å². The van der Waals surface area contributed by atoms with E-state index in [1.807, 2.05) is 30.3 Å². The van der Waals surface area contributed by atoms with Gasteiger partial charge in [-0.3, -0.25) is 4.79 Å². The zero-order chi connectivity index (χ0) is 22.7. The van der Waals surface area contributed by atoms with Gasteiger partial charge in [-0.1, -0.05) is 35.5 Å². The van der Waals surface area contributed by atoms with Crippen LogP contribution in [0.2, 0.25) is 0 Å². The second-order valence-corrected chi connectivity index (χ2v) is 9.35. The first kappa shape index (κ1) is 22.0. The van der Waals surface area contributed by atoms with E-state index in [1.54, 1.807) is 26.1 Å². The molecule has 1 saturated heterocycles. The zero-order valence-electron chi connectivity index (χ0n) is 17.7. The highest BCUT2D eigenvalue weighted by molar-refractivity contribution is 7.92. The molecule has 1 atom stereocenters. The summed E-state index contributed by atoms with van der Waals surface area (Å²) in [5.41, 5.74) is 1.27. The van der Waals surface area contributed by atoms with Crippen LogP contribution < -0.4 is 16.0 Å². The molecule has 0 saturated carbocycles. The van der Waals surface area contributed by atoms with Crippen LogP contribution in [0, 0.1) is 6.92 Å². The van der Waals surface area contributed by atoms with E-state index in [4.69, 9.17) is 9.26 Å². The summed E-state index contributed by atoms with van der Waals surface area (Å²) >= 11 is 0. The number of morpholine rings is 1. The maximum Gasteiger partial charge on any atom is 0.255 e. The second-order valence-electron chi connectivity index (χ2n) is 7.29. The number of benzene rings is 2. The van der Waals surface area contributed by atoms with Gasteiger partial charge < -0.3 is 25.2 Å². The Hall–Kier alpha value is -3.21. The summed E-state index contributed by atoms with van der Waals surface area (Å²) < 4.78 is 37.1. The van der Waals surface area contributed by atoms with E-state index in [2.05, 4.69) is 21.1 Å². The molecule has 0 aliphatic carbocycles. The largest absolute Gasteiger partial charge is 0.387 e. The molecule has 1 aliphatic rings. The average Bonchev–Trinajstić information content (AvgIpc) is 3.19. The molecule has 1 amide bonds. The quantitative estimate of drug-likeness (QED) is 0.517. The van der Waals surface area contributed by atoms with E-state index >= 15 is 0 Å². The van der Waals surface area contributed by atoms with Crippen LogP contribution in [0.1, 0.15) is 16.1 Å². The maximum absolute atomic E-state index is 13.2. The van der Waals surface area contributed by atoms with Crippen molar-refractivity contribution in [1.82, 2.24) is 10.5 Å². The summed E-state index contributed by atoms with van der Waals surface area (Å²) in [6, 6.07) is 13.8. The second kappa shape index (κ2) is 9.11.